The van der Waals surface area contributed by atoms with Crippen molar-refractivity contribution < 1.29 is 41.7 Å². The number of ether oxygens (including phenoxy) is 1. The van der Waals surface area contributed by atoms with E-state index in [0.29, 0.717) is 6.20 Å². The lowest BCUT2D eigenvalue weighted by molar-refractivity contribution is -0.276. The highest BCUT2D eigenvalue weighted by atomic mass is 19.4. The van der Waals surface area contributed by atoms with Crippen LogP contribution in [0.15, 0.2) is 6.20 Å². The third kappa shape index (κ3) is 3.93. The maximum absolute atomic E-state index is 12.6. The van der Waals surface area contributed by atoms with E-state index in [0.717, 1.165) is 0 Å². The first-order valence-electron chi connectivity index (χ1n) is 4.58. The lowest BCUT2D eigenvalue weighted by Crippen LogP contribution is -2.18. The van der Waals surface area contributed by atoms with Gasteiger partial charge in [-0.1, -0.05) is 0 Å². The van der Waals surface area contributed by atoms with Gasteiger partial charge in [-0.2, -0.15) is 0 Å². The van der Waals surface area contributed by atoms with Crippen molar-refractivity contribution >= 4 is 5.97 Å². The van der Waals surface area contributed by atoms with E-state index in [1.54, 1.807) is 0 Å². The normalized spacial score (nSPS) is 11.7. The Kier molecular flexibility index (Phi) is 4.12. The summed E-state index contributed by atoms with van der Waals surface area (Å²) < 4.78 is 64.2. The molecule has 0 bridgehead atoms. The van der Waals surface area contributed by atoms with Crippen molar-refractivity contribution in [3.63, 3.8) is 0 Å². The molecule has 0 spiro atoms. The Morgan fingerprint density at radius 1 is 1.42 bits per heavy atom. The molecule has 0 aromatic carbocycles. The average Bonchev–Trinajstić information content (AvgIpc) is 2.19. The van der Waals surface area contributed by atoms with Gasteiger partial charge in [-0.25, -0.2) is 13.8 Å². The van der Waals surface area contributed by atoms with Gasteiger partial charge in [-0.3, -0.25) is 4.79 Å². The maximum Gasteiger partial charge on any atom is 0.574 e. The number of alkyl halides is 5. The van der Waals surface area contributed by atoms with Crippen LogP contribution in [0.1, 0.15) is 17.6 Å². The molecule has 1 rings (SSSR count). The van der Waals surface area contributed by atoms with Gasteiger partial charge in [0.2, 0.25) is 0 Å². The van der Waals surface area contributed by atoms with Crippen molar-refractivity contribution in [2.45, 2.75) is 19.2 Å². The molecule has 5 nitrogen and oxygen atoms in total. The Hall–Kier alpha value is -2.13. The van der Waals surface area contributed by atoms with Crippen LogP contribution in [0.4, 0.5) is 22.0 Å². The molecule has 10 heteroatoms. The minimum absolute atomic E-state index is 0.483. The van der Waals surface area contributed by atoms with Gasteiger partial charge < -0.3 is 14.9 Å². The molecule has 0 aliphatic carbocycles. The van der Waals surface area contributed by atoms with Crippen LogP contribution in [-0.2, 0) is 11.2 Å². The monoisotopic (exact) mass is 287 g/mol. The summed E-state index contributed by atoms with van der Waals surface area (Å²) in [7, 11) is 0. The number of nitrogens with zero attached hydrogens (tertiary/aromatic N) is 1. The molecule has 0 saturated heterocycles. The number of aromatic nitrogens is 1. The molecule has 19 heavy (non-hydrogen) atoms. The quantitative estimate of drug-likeness (QED) is 0.830. The first-order chi connectivity index (χ1) is 8.61. The summed E-state index contributed by atoms with van der Waals surface area (Å²) in [6.45, 7) is 0. The van der Waals surface area contributed by atoms with Gasteiger partial charge in [0.25, 0.3) is 12.3 Å². The van der Waals surface area contributed by atoms with E-state index in [9.17, 15) is 31.9 Å². The third-order valence-corrected chi connectivity index (χ3v) is 1.91. The highest BCUT2D eigenvalue weighted by Gasteiger charge is 2.35. The summed E-state index contributed by atoms with van der Waals surface area (Å²) in [4.78, 5) is 13.4. The number of carboxylic acid groups (broad SMARTS) is 1. The second kappa shape index (κ2) is 5.24. The molecule has 0 aliphatic heterocycles. The second-order valence-corrected chi connectivity index (χ2v) is 3.27. The van der Waals surface area contributed by atoms with Gasteiger partial charge in [0.15, 0.2) is 5.75 Å². The number of rotatable bonds is 4. The predicted octanol–water partition coefficient (Wildman–Crippen LogP) is 2.25. The number of halogens is 5. The molecule has 1 aromatic heterocycles. The molecular weight excluding hydrogens is 281 g/mol. The highest BCUT2D eigenvalue weighted by molar-refractivity contribution is 5.71. The minimum Gasteiger partial charge on any atom is -0.503 e. The average molecular weight is 287 g/mol. The summed E-state index contributed by atoms with van der Waals surface area (Å²) in [6.07, 6.45) is -9.05. The first-order valence-corrected chi connectivity index (χ1v) is 4.58. The lowest BCUT2D eigenvalue weighted by atomic mass is 10.1. The summed E-state index contributed by atoms with van der Waals surface area (Å²) in [6, 6.07) is 0. The van der Waals surface area contributed by atoms with Crippen LogP contribution in [0, 0.1) is 0 Å². The highest BCUT2D eigenvalue weighted by Crippen LogP contribution is 2.39. The lowest BCUT2D eigenvalue weighted by Gasteiger charge is -2.14. The topological polar surface area (TPSA) is 79.7 Å². The molecule has 2 N–H and O–H groups in total. The molecular formula is C9H6F5NO4. The Balaban J connectivity index is 3.27. The third-order valence-electron chi connectivity index (χ3n) is 1.91. The number of hydrogen-bond acceptors (Lipinski definition) is 4. The van der Waals surface area contributed by atoms with Crippen molar-refractivity contribution in [3.05, 3.63) is 17.3 Å². The Morgan fingerprint density at radius 3 is 2.42 bits per heavy atom. The standard InChI is InChI=1S/C9H6F5NO4/c10-7(11)5-3(1-4(16)17)2-15-8(6(5)18)19-9(12,13)14/h2,7,18H,1H2,(H,16,17). The molecule has 0 unspecified atom stereocenters. The second-order valence-electron chi connectivity index (χ2n) is 3.27. The van der Waals surface area contributed by atoms with Crippen molar-refractivity contribution in [1.29, 1.82) is 0 Å². The molecule has 1 heterocycles. The largest absolute Gasteiger partial charge is 0.574 e. The Labute approximate surface area is 102 Å². The number of hydrogen-bond donors (Lipinski definition) is 2. The smallest absolute Gasteiger partial charge is 0.503 e. The zero-order valence-electron chi connectivity index (χ0n) is 8.91. The van der Waals surface area contributed by atoms with Crippen molar-refractivity contribution in [1.82, 2.24) is 4.98 Å². The summed E-state index contributed by atoms with van der Waals surface area (Å²) in [5.74, 6) is -4.50. The van der Waals surface area contributed by atoms with E-state index in [4.69, 9.17) is 5.11 Å². The van der Waals surface area contributed by atoms with E-state index >= 15 is 0 Å². The SMILES string of the molecule is O=C(O)Cc1cnc(OC(F)(F)F)c(O)c1C(F)F. The van der Waals surface area contributed by atoms with Crippen LogP contribution in [0.5, 0.6) is 11.6 Å². The molecule has 0 fully saturated rings. The molecule has 0 amide bonds. The zero-order chi connectivity index (χ0) is 14.8. The van der Waals surface area contributed by atoms with E-state index in [2.05, 4.69) is 9.72 Å². The first kappa shape index (κ1) is 14.9. The van der Waals surface area contributed by atoms with Crippen LogP contribution in [-0.4, -0.2) is 27.5 Å². The summed E-state index contributed by atoms with van der Waals surface area (Å²) in [5, 5.41) is 17.7. The van der Waals surface area contributed by atoms with Gasteiger partial charge in [0.05, 0.1) is 12.0 Å². The van der Waals surface area contributed by atoms with E-state index in [1.807, 2.05) is 0 Å². The van der Waals surface area contributed by atoms with Crippen molar-refractivity contribution in [2.75, 3.05) is 0 Å². The fourth-order valence-corrected chi connectivity index (χ4v) is 1.27. The Bertz CT molecular complexity index is 488. The molecule has 1 aromatic rings. The van der Waals surface area contributed by atoms with Crippen molar-refractivity contribution in [2.24, 2.45) is 0 Å². The van der Waals surface area contributed by atoms with Gasteiger partial charge in [0, 0.05) is 6.20 Å². The van der Waals surface area contributed by atoms with Crippen molar-refractivity contribution in [3.8, 4) is 11.6 Å². The molecule has 0 aliphatic rings. The maximum atomic E-state index is 12.6. The van der Waals surface area contributed by atoms with Gasteiger partial charge in [-0.05, 0) is 5.56 Å². The number of pyridine rings is 1. The fourth-order valence-electron chi connectivity index (χ4n) is 1.27. The summed E-state index contributed by atoms with van der Waals surface area (Å²) >= 11 is 0. The van der Waals surface area contributed by atoms with Crippen LogP contribution < -0.4 is 4.74 Å². The molecule has 0 atom stereocenters. The molecule has 0 radical (unpaired) electrons. The van der Waals surface area contributed by atoms with E-state index in [1.165, 1.54) is 0 Å². The molecule has 0 saturated carbocycles. The molecule has 106 valence electrons. The Morgan fingerprint density at radius 2 is 2.00 bits per heavy atom. The van der Waals surface area contributed by atoms with Crippen LogP contribution in [0.3, 0.4) is 0 Å². The van der Waals surface area contributed by atoms with Crippen LogP contribution >= 0.6 is 0 Å². The number of carboxylic acids is 1. The van der Waals surface area contributed by atoms with Gasteiger partial charge in [-0.15, -0.1) is 13.2 Å². The predicted molar refractivity (Wildman–Crippen MR) is 48.9 cm³/mol. The number of aromatic hydroxyl groups is 1. The number of aliphatic carboxylic acids is 1. The van der Waals surface area contributed by atoms with Gasteiger partial charge in [0.1, 0.15) is 0 Å². The van der Waals surface area contributed by atoms with E-state index in [-0.39, 0.29) is 0 Å². The minimum atomic E-state index is -5.22. The van der Waals surface area contributed by atoms with Crippen LogP contribution in [0.25, 0.3) is 0 Å². The number of carbonyl (C=O) groups is 1. The van der Waals surface area contributed by atoms with E-state index < -0.39 is 47.9 Å². The van der Waals surface area contributed by atoms with Gasteiger partial charge >= 0.3 is 12.3 Å². The zero-order valence-corrected chi connectivity index (χ0v) is 8.91. The van der Waals surface area contributed by atoms with Crippen LogP contribution in [0.2, 0.25) is 0 Å². The fraction of sp³-hybridized carbons (Fsp3) is 0.333. The summed E-state index contributed by atoms with van der Waals surface area (Å²) in [5.41, 5.74) is -1.86.